The molecule has 3 aliphatic rings. The maximum atomic E-state index is 12.5. The van der Waals surface area contributed by atoms with Crippen molar-refractivity contribution in [3.8, 4) is 11.5 Å². The third-order valence-electron chi connectivity index (χ3n) is 6.40. The number of carbonyl (C=O) groups is 1. The highest BCUT2D eigenvalue weighted by Crippen LogP contribution is 2.55. The lowest BCUT2D eigenvalue weighted by Gasteiger charge is -2.36. The van der Waals surface area contributed by atoms with Crippen LogP contribution in [0.2, 0.25) is 0 Å². The first kappa shape index (κ1) is 18.3. The standard InChI is InChI=1S/C24H25NO4/c1-25-13-12-24-11-10-18(28-23(26)16-6-4-3-5-7-16)14-20(24)29-22-19(27-2)9-8-17(15-25)21(22)24/h3-11,18,20H,12-15H2,1-2H3/t18-,20?,24?/m0/s1. The minimum atomic E-state index is -0.303. The van der Waals surface area contributed by atoms with Gasteiger partial charge in [-0.05, 0) is 49.9 Å². The first-order valence-electron chi connectivity index (χ1n) is 10.1. The summed E-state index contributed by atoms with van der Waals surface area (Å²) in [4.78, 5) is 14.9. The number of carbonyl (C=O) groups excluding carboxylic acids is 1. The average Bonchev–Trinajstić information content (AvgIpc) is 3.00. The van der Waals surface area contributed by atoms with Gasteiger partial charge in [-0.3, -0.25) is 0 Å². The van der Waals surface area contributed by atoms with Crippen LogP contribution in [-0.4, -0.2) is 43.8 Å². The lowest BCUT2D eigenvalue weighted by molar-refractivity contribution is 0.0218. The van der Waals surface area contributed by atoms with E-state index in [1.54, 1.807) is 19.2 Å². The van der Waals surface area contributed by atoms with Gasteiger partial charge in [-0.15, -0.1) is 0 Å². The van der Waals surface area contributed by atoms with Crippen LogP contribution in [-0.2, 0) is 16.7 Å². The van der Waals surface area contributed by atoms with E-state index in [0.29, 0.717) is 12.0 Å². The number of rotatable bonds is 3. The predicted octanol–water partition coefficient (Wildman–Crippen LogP) is 3.72. The smallest absolute Gasteiger partial charge is 0.338 e. The molecule has 2 aromatic carbocycles. The van der Waals surface area contributed by atoms with Crippen LogP contribution in [0.15, 0.2) is 54.6 Å². The molecule has 5 rings (SSSR count). The summed E-state index contributed by atoms with van der Waals surface area (Å²) in [6.45, 7) is 1.87. The summed E-state index contributed by atoms with van der Waals surface area (Å²) in [6, 6.07) is 13.3. The molecule has 0 N–H and O–H groups in total. The Morgan fingerprint density at radius 2 is 2.03 bits per heavy atom. The van der Waals surface area contributed by atoms with Crippen molar-refractivity contribution >= 4 is 5.97 Å². The molecule has 29 heavy (non-hydrogen) atoms. The fraction of sp³-hybridized carbons (Fsp3) is 0.375. The fourth-order valence-electron chi connectivity index (χ4n) is 4.93. The molecule has 2 aliphatic heterocycles. The molecular weight excluding hydrogens is 366 g/mol. The minimum Gasteiger partial charge on any atom is -0.493 e. The Balaban J connectivity index is 1.48. The lowest BCUT2D eigenvalue weighted by atomic mass is 9.69. The second-order valence-electron chi connectivity index (χ2n) is 8.17. The summed E-state index contributed by atoms with van der Waals surface area (Å²) < 4.78 is 17.9. The SMILES string of the molecule is COc1ccc2c3c1OC1C[C@@H](OC(=O)c4ccccc4)C=CC31CCN(C)C2. The Morgan fingerprint density at radius 3 is 2.83 bits per heavy atom. The van der Waals surface area contributed by atoms with Crippen molar-refractivity contribution in [2.45, 2.75) is 37.0 Å². The van der Waals surface area contributed by atoms with Crippen molar-refractivity contribution in [2.24, 2.45) is 0 Å². The van der Waals surface area contributed by atoms with Crippen molar-refractivity contribution in [2.75, 3.05) is 20.7 Å². The van der Waals surface area contributed by atoms with Gasteiger partial charge < -0.3 is 19.1 Å². The van der Waals surface area contributed by atoms with E-state index >= 15 is 0 Å². The topological polar surface area (TPSA) is 48.0 Å². The molecule has 1 spiro atoms. The van der Waals surface area contributed by atoms with Crippen LogP contribution < -0.4 is 9.47 Å². The summed E-state index contributed by atoms with van der Waals surface area (Å²) in [7, 11) is 3.83. The molecule has 2 aromatic rings. The van der Waals surface area contributed by atoms with Gasteiger partial charge in [-0.1, -0.05) is 30.3 Å². The summed E-state index contributed by atoms with van der Waals surface area (Å²) in [6.07, 6.45) is 5.50. The van der Waals surface area contributed by atoms with Crippen LogP contribution in [0.4, 0.5) is 0 Å². The molecule has 0 radical (unpaired) electrons. The van der Waals surface area contributed by atoms with Gasteiger partial charge in [0.25, 0.3) is 0 Å². The first-order chi connectivity index (χ1) is 14.1. The lowest BCUT2D eigenvalue weighted by Crippen LogP contribution is -2.43. The van der Waals surface area contributed by atoms with Crippen molar-refractivity contribution < 1.29 is 19.0 Å². The molecule has 0 bridgehead atoms. The summed E-state index contributed by atoms with van der Waals surface area (Å²) in [5.41, 5.74) is 2.90. The molecule has 150 valence electrons. The second kappa shape index (κ2) is 6.92. The van der Waals surface area contributed by atoms with E-state index in [4.69, 9.17) is 14.2 Å². The number of hydrogen-bond acceptors (Lipinski definition) is 5. The molecule has 5 heteroatoms. The van der Waals surface area contributed by atoms with Crippen molar-refractivity contribution in [3.05, 3.63) is 71.3 Å². The van der Waals surface area contributed by atoms with Gasteiger partial charge in [-0.2, -0.15) is 0 Å². The number of benzene rings is 2. The van der Waals surface area contributed by atoms with Crippen LogP contribution in [0, 0.1) is 0 Å². The first-order valence-corrected chi connectivity index (χ1v) is 10.1. The highest BCUT2D eigenvalue weighted by molar-refractivity contribution is 5.89. The number of hydrogen-bond donors (Lipinski definition) is 0. The van der Waals surface area contributed by atoms with Gasteiger partial charge >= 0.3 is 5.97 Å². The summed E-state index contributed by atoms with van der Waals surface area (Å²) in [5, 5.41) is 0. The number of ether oxygens (including phenoxy) is 3. The molecule has 1 aliphatic carbocycles. The molecule has 5 nitrogen and oxygen atoms in total. The van der Waals surface area contributed by atoms with Crippen LogP contribution in [0.5, 0.6) is 11.5 Å². The molecule has 2 unspecified atom stereocenters. The Hall–Kier alpha value is -2.79. The van der Waals surface area contributed by atoms with Crippen LogP contribution in [0.1, 0.15) is 34.3 Å². The zero-order valence-corrected chi connectivity index (χ0v) is 16.8. The molecule has 2 heterocycles. The zero-order valence-electron chi connectivity index (χ0n) is 16.8. The van der Waals surface area contributed by atoms with E-state index in [1.807, 2.05) is 30.3 Å². The normalized spacial score (nSPS) is 27.4. The van der Waals surface area contributed by atoms with E-state index in [1.165, 1.54) is 11.1 Å². The van der Waals surface area contributed by atoms with E-state index in [9.17, 15) is 4.79 Å². The highest BCUT2D eigenvalue weighted by atomic mass is 16.6. The summed E-state index contributed by atoms with van der Waals surface area (Å²) >= 11 is 0. The van der Waals surface area contributed by atoms with E-state index < -0.39 is 0 Å². The van der Waals surface area contributed by atoms with Crippen molar-refractivity contribution in [1.29, 1.82) is 0 Å². The monoisotopic (exact) mass is 391 g/mol. The Morgan fingerprint density at radius 1 is 1.21 bits per heavy atom. The van der Waals surface area contributed by atoms with E-state index in [0.717, 1.165) is 31.0 Å². The van der Waals surface area contributed by atoms with E-state index in [2.05, 4.69) is 24.1 Å². The maximum Gasteiger partial charge on any atom is 0.338 e. The van der Waals surface area contributed by atoms with Crippen molar-refractivity contribution in [1.82, 2.24) is 4.90 Å². The van der Waals surface area contributed by atoms with Gasteiger partial charge in [0.2, 0.25) is 0 Å². The van der Waals surface area contributed by atoms with Gasteiger partial charge in [0.1, 0.15) is 12.2 Å². The summed E-state index contributed by atoms with van der Waals surface area (Å²) in [5.74, 6) is 1.32. The molecule has 0 aromatic heterocycles. The fourth-order valence-corrected chi connectivity index (χ4v) is 4.93. The number of methoxy groups -OCH3 is 1. The van der Waals surface area contributed by atoms with Gasteiger partial charge in [0.05, 0.1) is 18.1 Å². The Kier molecular flexibility index (Phi) is 4.36. The highest BCUT2D eigenvalue weighted by Gasteiger charge is 2.53. The molecule has 0 saturated carbocycles. The Bertz CT molecular complexity index is 970. The maximum absolute atomic E-state index is 12.5. The van der Waals surface area contributed by atoms with E-state index in [-0.39, 0.29) is 23.6 Å². The molecule has 0 amide bonds. The van der Waals surface area contributed by atoms with Gasteiger partial charge in [-0.25, -0.2) is 4.79 Å². The third-order valence-corrected chi connectivity index (χ3v) is 6.40. The predicted molar refractivity (Wildman–Crippen MR) is 109 cm³/mol. The van der Waals surface area contributed by atoms with Crippen LogP contribution in [0.25, 0.3) is 0 Å². The molecular formula is C24H25NO4. The third kappa shape index (κ3) is 2.92. The largest absolute Gasteiger partial charge is 0.493 e. The average molecular weight is 391 g/mol. The second-order valence-corrected chi connectivity index (χ2v) is 8.17. The number of nitrogens with zero attached hydrogens (tertiary/aromatic N) is 1. The van der Waals surface area contributed by atoms with Crippen molar-refractivity contribution in [3.63, 3.8) is 0 Å². The Labute approximate surface area is 170 Å². The van der Waals surface area contributed by atoms with Crippen LogP contribution in [0.3, 0.4) is 0 Å². The molecule has 0 fully saturated rings. The number of esters is 1. The van der Waals surface area contributed by atoms with Crippen LogP contribution >= 0.6 is 0 Å². The zero-order chi connectivity index (χ0) is 20.0. The molecule has 3 atom stereocenters. The quantitative estimate of drug-likeness (QED) is 0.590. The van der Waals surface area contributed by atoms with Gasteiger partial charge in [0, 0.05) is 18.5 Å². The van der Waals surface area contributed by atoms with Gasteiger partial charge in [0.15, 0.2) is 11.5 Å². The molecule has 0 saturated heterocycles. The minimum absolute atomic E-state index is 0.0716.